The Morgan fingerprint density at radius 3 is 2.55 bits per heavy atom. The molecule has 31 heavy (non-hydrogen) atoms. The standard InChI is InChI=1S/C20H15F4N5OS/c21-15-6-1-11(20(22,23)24)9-16(15)28-19(30)27-12-2-4-13(5-3-12)29-10-26-18-14(17(29)25)7-8-31-18/h1-10,17H,25H2,(H2,27,28,30). The molecule has 1 aromatic heterocycles. The van der Waals surface area contributed by atoms with E-state index in [1.54, 1.807) is 35.5 Å². The summed E-state index contributed by atoms with van der Waals surface area (Å²) in [7, 11) is 0. The molecule has 0 spiro atoms. The van der Waals surface area contributed by atoms with Gasteiger partial charge < -0.3 is 21.3 Å². The van der Waals surface area contributed by atoms with Crippen molar-refractivity contribution in [3.8, 4) is 0 Å². The van der Waals surface area contributed by atoms with Gasteiger partial charge in [-0.25, -0.2) is 14.2 Å². The number of nitrogens with one attached hydrogen (secondary N) is 2. The van der Waals surface area contributed by atoms with E-state index in [1.807, 2.05) is 11.4 Å². The van der Waals surface area contributed by atoms with Crippen molar-refractivity contribution >= 4 is 45.8 Å². The number of thiophene rings is 1. The van der Waals surface area contributed by atoms with Gasteiger partial charge in [-0.1, -0.05) is 0 Å². The molecular formula is C20H15F4N5OS. The maximum Gasteiger partial charge on any atom is 0.416 e. The highest BCUT2D eigenvalue weighted by Gasteiger charge is 2.31. The van der Waals surface area contributed by atoms with E-state index in [1.165, 1.54) is 11.3 Å². The fourth-order valence-corrected chi connectivity index (χ4v) is 3.78. The van der Waals surface area contributed by atoms with Gasteiger partial charge in [0.1, 0.15) is 17.0 Å². The minimum atomic E-state index is -4.65. The Hall–Kier alpha value is -3.44. The van der Waals surface area contributed by atoms with E-state index < -0.39 is 35.4 Å². The third-order valence-electron chi connectivity index (χ3n) is 4.56. The number of nitrogens with zero attached hydrogens (tertiary/aromatic N) is 2. The van der Waals surface area contributed by atoms with E-state index in [4.69, 9.17) is 5.73 Å². The lowest BCUT2D eigenvalue weighted by Crippen LogP contribution is -2.35. The van der Waals surface area contributed by atoms with Crippen molar-refractivity contribution in [2.24, 2.45) is 10.7 Å². The quantitative estimate of drug-likeness (QED) is 0.450. The summed E-state index contributed by atoms with van der Waals surface area (Å²) in [6.07, 6.45) is -3.45. The number of benzene rings is 2. The van der Waals surface area contributed by atoms with Crippen LogP contribution in [0.1, 0.15) is 17.3 Å². The van der Waals surface area contributed by atoms with Crippen molar-refractivity contribution in [2.45, 2.75) is 12.3 Å². The molecular weight excluding hydrogens is 434 g/mol. The van der Waals surface area contributed by atoms with E-state index in [9.17, 15) is 22.4 Å². The molecule has 0 aliphatic carbocycles. The summed E-state index contributed by atoms with van der Waals surface area (Å²) in [5.74, 6) is -0.982. The highest BCUT2D eigenvalue weighted by Crippen LogP contribution is 2.37. The van der Waals surface area contributed by atoms with Crippen molar-refractivity contribution in [3.63, 3.8) is 0 Å². The van der Waals surface area contributed by atoms with Crippen LogP contribution >= 0.6 is 11.3 Å². The molecule has 3 aromatic rings. The van der Waals surface area contributed by atoms with Crippen LogP contribution in [0.4, 0.5) is 44.4 Å². The molecule has 1 aliphatic heterocycles. The summed E-state index contributed by atoms with van der Waals surface area (Å²) in [6, 6.07) is 9.37. The van der Waals surface area contributed by atoms with Crippen LogP contribution in [-0.4, -0.2) is 12.4 Å². The zero-order chi connectivity index (χ0) is 22.2. The molecule has 1 aliphatic rings. The van der Waals surface area contributed by atoms with E-state index >= 15 is 0 Å². The number of hydrogen-bond acceptors (Lipinski definition) is 5. The first-order chi connectivity index (χ1) is 14.7. The molecule has 6 nitrogen and oxygen atoms in total. The van der Waals surface area contributed by atoms with E-state index in [2.05, 4.69) is 15.6 Å². The zero-order valence-corrected chi connectivity index (χ0v) is 16.5. The van der Waals surface area contributed by atoms with Crippen LogP contribution < -0.4 is 21.3 Å². The minimum Gasteiger partial charge on any atom is -0.312 e. The molecule has 0 fully saturated rings. The minimum absolute atomic E-state index is 0.354. The highest BCUT2D eigenvalue weighted by atomic mass is 32.1. The van der Waals surface area contributed by atoms with E-state index in [0.717, 1.165) is 16.3 Å². The normalized spacial score (nSPS) is 15.5. The van der Waals surface area contributed by atoms with E-state index in [0.29, 0.717) is 23.9 Å². The first-order valence-corrected chi connectivity index (χ1v) is 9.80. The number of hydrogen-bond donors (Lipinski definition) is 3. The number of carbonyl (C=O) groups excluding carboxylic acids is 1. The van der Waals surface area contributed by atoms with E-state index in [-0.39, 0.29) is 0 Å². The number of rotatable bonds is 3. The van der Waals surface area contributed by atoms with Crippen molar-refractivity contribution in [1.29, 1.82) is 0 Å². The number of halogens is 4. The van der Waals surface area contributed by atoms with Gasteiger partial charge in [0.05, 0.1) is 17.6 Å². The molecule has 0 saturated heterocycles. The first kappa shape index (κ1) is 20.8. The maximum atomic E-state index is 13.8. The monoisotopic (exact) mass is 449 g/mol. The molecule has 0 bridgehead atoms. The summed E-state index contributed by atoms with van der Waals surface area (Å²) < 4.78 is 52.2. The largest absolute Gasteiger partial charge is 0.416 e. The molecule has 1 atom stereocenters. The van der Waals surface area contributed by atoms with Crippen LogP contribution in [0.15, 0.2) is 58.9 Å². The number of amides is 2. The summed E-state index contributed by atoms with van der Waals surface area (Å²) in [4.78, 5) is 18.2. The second-order valence-corrected chi connectivity index (χ2v) is 7.49. The Balaban J connectivity index is 1.43. The summed E-state index contributed by atoms with van der Waals surface area (Å²) in [5, 5.41) is 7.29. The Bertz CT molecular complexity index is 1140. The maximum absolute atomic E-state index is 13.8. The second-order valence-electron chi connectivity index (χ2n) is 6.60. The lowest BCUT2D eigenvalue weighted by molar-refractivity contribution is -0.137. The predicted molar refractivity (Wildman–Crippen MR) is 112 cm³/mol. The van der Waals surface area contributed by atoms with Gasteiger partial charge in [-0.2, -0.15) is 13.2 Å². The molecule has 160 valence electrons. The van der Waals surface area contributed by atoms with Gasteiger partial charge in [0.2, 0.25) is 0 Å². The molecule has 1 unspecified atom stereocenters. The summed E-state index contributed by atoms with van der Waals surface area (Å²) in [5.41, 5.74) is 6.61. The van der Waals surface area contributed by atoms with Gasteiger partial charge >= 0.3 is 12.2 Å². The Morgan fingerprint density at radius 2 is 1.84 bits per heavy atom. The number of nitrogens with two attached hydrogens (primary N) is 1. The Kier molecular flexibility index (Phi) is 5.38. The summed E-state index contributed by atoms with van der Waals surface area (Å²) >= 11 is 1.49. The lowest BCUT2D eigenvalue weighted by atomic mass is 10.2. The van der Waals surface area contributed by atoms with Crippen LogP contribution in [0.5, 0.6) is 0 Å². The number of anilines is 3. The van der Waals surface area contributed by atoms with Gasteiger partial charge in [-0.3, -0.25) is 0 Å². The van der Waals surface area contributed by atoms with Crippen molar-refractivity contribution < 1.29 is 22.4 Å². The molecule has 4 N–H and O–H groups in total. The summed E-state index contributed by atoms with van der Waals surface area (Å²) in [6.45, 7) is 0. The highest BCUT2D eigenvalue weighted by molar-refractivity contribution is 7.14. The fraction of sp³-hybridized carbons (Fsp3) is 0.100. The molecule has 11 heteroatoms. The molecule has 2 amide bonds. The van der Waals surface area contributed by atoms with Crippen LogP contribution in [0.2, 0.25) is 0 Å². The van der Waals surface area contributed by atoms with Crippen LogP contribution in [-0.2, 0) is 6.18 Å². The van der Waals surface area contributed by atoms with Crippen LogP contribution in [0.25, 0.3) is 0 Å². The lowest BCUT2D eigenvalue weighted by Gasteiger charge is -2.29. The van der Waals surface area contributed by atoms with Gasteiger partial charge in [0.15, 0.2) is 0 Å². The number of fused-ring (bicyclic) bond motifs is 1. The second kappa shape index (κ2) is 8.00. The predicted octanol–water partition coefficient (Wildman–Crippen LogP) is 5.69. The van der Waals surface area contributed by atoms with Crippen molar-refractivity contribution in [2.75, 3.05) is 15.5 Å². The molecule has 2 aromatic carbocycles. The third-order valence-corrected chi connectivity index (χ3v) is 5.39. The first-order valence-electron chi connectivity index (χ1n) is 8.93. The average Bonchev–Trinajstić information content (AvgIpc) is 3.20. The third kappa shape index (κ3) is 4.37. The Labute approximate surface area is 178 Å². The number of aliphatic imine (C=N–C) groups is 1. The Morgan fingerprint density at radius 1 is 1.10 bits per heavy atom. The zero-order valence-electron chi connectivity index (χ0n) is 15.7. The smallest absolute Gasteiger partial charge is 0.312 e. The molecule has 2 heterocycles. The van der Waals surface area contributed by atoms with Gasteiger partial charge in [-0.15, -0.1) is 11.3 Å². The number of urea groups is 1. The molecule has 0 saturated carbocycles. The van der Waals surface area contributed by atoms with Crippen LogP contribution in [0.3, 0.4) is 0 Å². The average molecular weight is 449 g/mol. The SMILES string of the molecule is NC1c2ccsc2N=CN1c1ccc(NC(=O)Nc2cc(C(F)(F)F)ccc2F)cc1. The van der Waals surface area contributed by atoms with Crippen molar-refractivity contribution in [1.82, 2.24) is 0 Å². The van der Waals surface area contributed by atoms with Gasteiger partial charge in [-0.05, 0) is 53.9 Å². The fourth-order valence-electron chi connectivity index (χ4n) is 3.00. The number of carbonyl (C=O) groups is 1. The topological polar surface area (TPSA) is 82.8 Å². The molecule has 0 radical (unpaired) electrons. The van der Waals surface area contributed by atoms with Gasteiger partial charge in [0, 0.05) is 16.9 Å². The van der Waals surface area contributed by atoms with Crippen LogP contribution in [0, 0.1) is 5.82 Å². The number of alkyl halides is 3. The van der Waals surface area contributed by atoms with Gasteiger partial charge in [0.25, 0.3) is 0 Å². The molecule has 4 rings (SSSR count). The van der Waals surface area contributed by atoms with Crippen molar-refractivity contribution in [3.05, 3.63) is 70.9 Å².